The molecule has 114 valence electrons. The van der Waals surface area contributed by atoms with E-state index in [1.165, 1.54) is 0 Å². The fourth-order valence-electron chi connectivity index (χ4n) is 1.82. The lowest BCUT2D eigenvalue weighted by atomic mass is 10.2. The normalized spacial score (nSPS) is 10.6. The molecule has 1 aromatic rings. The van der Waals surface area contributed by atoms with Gasteiger partial charge in [-0.1, -0.05) is 15.9 Å². The van der Waals surface area contributed by atoms with E-state index in [1.807, 2.05) is 19.1 Å². The number of nitrogens with one attached hydrogen (secondary N) is 2. The van der Waals surface area contributed by atoms with E-state index in [9.17, 15) is 0 Å². The summed E-state index contributed by atoms with van der Waals surface area (Å²) in [5, 5.41) is 15.1. The zero-order chi connectivity index (χ0) is 14.8. The molecule has 0 saturated heterocycles. The van der Waals surface area contributed by atoms with E-state index in [4.69, 9.17) is 14.6 Å². The van der Waals surface area contributed by atoms with Crippen LogP contribution in [0.4, 0.5) is 0 Å². The monoisotopic (exact) mass is 346 g/mol. The maximum Gasteiger partial charge on any atom is 0.165 e. The minimum Gasteiger partial charge on any atom is -0.493 e. The molecule has 3 N–H and O–H groups in total. The van der Waals surface area contributed by atoms with Crippen LogP contribution < -0.4 is 20.1 Å². The molecule has 0 spiro atoms. The van der Waals surface area contributed by atoms with Crippen molar-refractivity contribution in [3.8, 4) is 11.5 Å². The summed E-state index contributed by atoms with van der Waals surface area (Å²) in [6.45, 7) is 5.68. The molecule has 0 fully saturated rings. The first kappa shape index (κ1) is 17.2. The molecule has 20 heavy (non-hydrogen) atoms. The Bertz CT molecular complexity index is 402. The Labute approximate surface area is 128 Å². The summed E-state index contributed by atoms with van der Waals surface area (Å²) in [5.41, 5.74) is 1.06. The Morgan fingerprint density at radius 3 is 2.60 bits per heavy atom. The smallest absolute Gasteiger partial charge is 0.165 e. The molecule has 6 heteroatoms. The Hall–Kier alpha value is -0.820. The Balaban J connectivity index is 2.60. The third kappa shape index (κ3) is 5.66. The lowest BCUT2D eigenvalue weighted by molar-refractivity contribution is 0.292. The molecule has 1 aromatic carbocycles. The summed E-state index contributed by atoms with van der Waals surface area (Å²) in [6, 6.07) is 3.93. The van der Waals surface area contributed by atoms with Gasteiger partial charge in [0, 0.05) is 36.2 Å². The quantitative estimate of drug-likeness (QED) is 0.561. The topological polar surface area (TPSA) is 62.8 Å². The SMILES string of the molecule is CCOc1c(CNCCNCCO)cc(Br)cc1OC. The molecule has 1 rings (SSSR count). The van der Waals surface area contributed by atoms with Gasteiger partial charge in [-0.25, -0.2) is 0 Å². The predicted octanol–water partition coefficient (Wildman–Crippen LogP) is 1.53. The van der Waals surface area contributed by atoms with Gasteiger partial charge in [0.15, 0.2) is 11.5 Å². The van der Waals surface area contributed by atoms with E-state index in [0.29, 0.717) is 19.7 Å². The lowest BCUT2D eigenvalue weighted by Crippen LogP contribution is -2.28. The molecule has 0 aliphatic carbocycles. The van der Waals surface area contributed by atoms with E-state index in [1.54, 1.807) is 7.11 Å². The first-order valence-electron chi connectivity index (χ1n) is 6.74. The first-order valence-corrected chi connectivity index (χ1v) is 7.53. The summed E-state index contributed by atoms with van der Waals surface area (Å²) in [5.74, 6) is 1.52. The maximum absolute atomic E-state index is 8.67. The van der Waals surface area contributed by atoms with Crippen molar-refractivity contribution in [2.24, 2.45) is 0 Å². The molecule has 0 heterocycles. The van der Waals surface area contributed by atoms with Gasteiger partial charge in [-0.05, 0) is 19.1 Å². The van der Waals surface area contributed by atoms with Crippen LogP contribution in [-0.2, 0) is 6.54 Å². The summed E-state index contributed by atoms with van der Waals surface area (Å²) < 4.78 is 12.0. The molecule has 0 aliphatic rings. The van der Waals surface area contributed by atoms with Crippen molar-refractivity contribution in [1.29, 1.82) is 0 Å². The standard InChI is InChI=1S/C14H23BrN2O3/c1-3-20-14-11(8-12(15)9-13(14)19-2)10-17-5-4-16-6-7-18/h8-9,16-18H,3-7,10H2,1-2H3. The number of methoxy groups -OCH3 is 1. The first-order chi connectivity index (χ1) is 9.72. The Morgan fingerprint density at radius 2 is 1.95 bits per heavy atom. The van der Waals surface area contributed by atoms with Gasteiger partial charge in [-0.15, -0.1) is 0 Å². The third-order valence-corrected chi connectivity index (χ3v) is 3.15. The van der Waals surface area contributed by atoms with Crippen LogP contribution in [0.3, 0.4) is 0 Å². The Kier molecular flexibility index (Phi) is 8.60. The number of aliphatic hydroxyl groups excluding tert-OH is 1. The minimum absolute atomic E-state index is 0.164. The average Bonchev–Trinajstić information content (AvgIpc) is 2.45. The zero-order valence-corrected chi connectivity index (χ0v) is 13.6. The van der Waals surface area contributed by atoms with Crippen LogP contribution in [0.2, 0.25) is 0 Å². The number of benzene rings is 1. The molecule has 0 radical (unpaired) electrons. The van der Waals surface area contributed by atoms with Crippen molar-refractivity contribution in [1.82, 2.24) is 10.6 Å². The summed E-state index contributed by atoms with van der Waals surface area (Å²) in [4.78, 5) is 0. The Morgan fingerprint density at radius 1 is 1.20 bits per heavy atom. The van der Waals surface area contributed by atoms with Crippen LogP contribution in [0.15, 0.2) is 16.6 Å². The highest BCUT2D eigenvalue weighted by atomic mass is 79.9. The van der Waals surface area contributed by atoms with Crippen LogP contribution in [0.5, 0.6) is 11.5 Å². The maximum atomic E-state index is 8.67. The third-order valence-electron chi connectivity index (χ3n) is 2.69. The van der Waals surface area contributed by atoms with Crippen LogP contribution >= 0.6 is 15.9 Å². The molecule has 0 aromatic heterocycles. The van der Waals surface area contributed by atoms with Gasteiger partial charge in [0.2, 0.25) is 0 Å². The van der Waals surface area contributed by atoms with Crippen LogP contribution in [0, 0.1) is 0 Å². The molecule has 0 aliphatic heterocycles. The molecular weight excluding hydrogens is 324 g/mol. The molecule has 0 unspecified atom stereocenters. The van der Waals surface area contributed by atoms with E-state index in [-0.39, 0.29) is 6.61 Å². The van der Waals surface area contributed by atoms with Gasteiger partial charge < -0.3 is 25.2 Å². The second kappa shape index (κ2) is 9.99. The van der Waals surface area contributed by atoms with Gasteiger partial charge in [0.05, 0.1) is 20.3 Å². The van der Waals surface area contributed by atoms with Crippen molar-refractivity contribution >= 4 is 15.9 Å². The van der Waals surface area contributed by atoms with Gasteiger partial charge in [0.1, 0.15) is 0 Å². The van der Waals surface area contributed by atoms with Crippen LogP contribution in [0.1, 0.15) is 12.5 Å². The molecule has 0 saturated carbocycles. The number of rotatable bonds is 10. The lowest BCUT2D eigenvalue weighted by Gasteiger charge is -2.15. The molecule has 0 bridgehead atoms. The van der Waals surface area contributed by atoms with Crippen LogP contribution in [0.25, 0.3) is 0 Å². The van der Waals surface area contributed by atoms with Crippen molar-refractivity contribution < 1.29 is 14.6 Å². The van der Waals surface area contributed by atoms with Gasteiger partial charge in [-0.2, -0.15) is 0 Å². The molecular formula is C14H23BrN2O3. The summed E-state index contributed by atoms with van der Waals surface area (Å²) in [6.07, 6.45) is 0. The van der Waals surface area contributed by atoms with E-state index in [0.717, 1.165) is 34.6 Å². The van der Waals surface area contributed by atoms with E-state index in [2.05, 4.69) is 26.6 Å². The van der Waals surface area contributed by atoms with Crippen molar-refractivity contribution in [3.05, 3.63) is 22.2 Å². The number of aliphatic hydroxyl groups is 1. The zero-order valence-electron chi connectivity index (χ0n) is 12.0. The molecule has 0 amide bonds. The number of hydrogen-bond acceptors (Lipinski definition) is 5. The van der Waals surface area contributed by atoms with Crippen molar-refractivity contribution in [3.63, 3.8) is 0 Å². The molecule has 0 atom stereocenters. The van der Waals surface area contributed by atoms with Gasteiger partial charge in [0.25, 0.3) is 0 Å². The second-order valence-corrected chi connectivity index (χ2v) is 5.10. The highest BCUT2D eigenvalue weighted by molar-refractivity contribution is 9.10. The number of hydrogen-bond donors (Lipinski definition) is 3. The minimum atomic E-state index is 0.164. The second-order valence-electron chi connectivity index (χ2n) is 4.18. The average molecular weight is 347 g/mol. The van der Waals surface area contributed by atoms with Crippen LogP contribution in [-0.4, -0.2) is 45.1 Å². The van der Waals surface area contributed by atoms with E-state index < -0.39 is 0 Å². The van der Waals surface area contributed by atoms with Crippen molar-refractivity contribution in [2.45, 2.75) is 13.5 Å². The van der Waals surface area contributed by atoms with Gasteiger partial charge in [-0.3, -0.25) is 0 Å². The summed E-state index contributed by atoms with van der Waals surface area (Å²) in [7, 11) is 1.64. The highest BCUT2D eigenvalue weighted by Gasteiger charge is 2.11. The van der Waals surface area contributed by atoms with Crippen molar-refractivity contribution in [2.75, 3.05) is 40.0 Å². The van der Waals surface area contributed by atoms with Gasteiger partial charge >= 0.3 is 0 Å². The fourth-order valence-corrected chi connectivity index (χ4v) is 2.30. The number of ether oxygens (including phenoxy) is 2. The highest BCUT2D eigenvalue weighted by Crippen LogP contribution is 2.34. The fraction of sp³-hybridized carbons (Fsp3) is 0.571. The molecule has 5 nitrogen and oxygen atoms in total. The number of halogens is 1. The summed E-state index contributed by atoms with van der Waals surface area (Å²) >= 11 is 3.48. The predicted molar refractivity (Wildman–Crippen MR) is 83.5 cm³/mol. The largest absolute Gasteiger partial charge is 0.493 e. The van der Waals surface area contributed by atoms with E-state index >= 15 is 0 Å².